The van der Waals surface area contributed by atoms with Crippen molar-refractivity contribution in [3.63, 3.8) is 0 Å². The summed E-state index contributed by atoms with van der Waals surface area (Å²) >= 11 is 0. The van der Waals surface area contributed by atoms with Crippen molar-refractivity contribution in [1.29, 1.82) is 0 Å². The van der Waals surface area contributed by atoms with Gasteiger partial charge in [-0.3, -0.25) is 0 Å². The lowest BCUT2D eigenvalue weighted by Crippen LogP contribution is -2.45. The third-order valence-electron chi connectivity index (χ3n) is 4.46. The normalized spacial score (nSPS) is 38.4. The smallest absolute Gasteiger partial charge is 0.0677 e. The fraction of sp³-hybridized carbons (Fsp3) is 1.00. The minimum atomic E-state index is -0.303. The molecule has 0 heterocycles. The van der Waals surface area contributed by atoms with Gasteiger partial charge in [0.05, 0.1) is 5.60 Å². The van der Waals surface area contributed by atoms with E-state index in [9.17, 15) is 5.11 Å². The molecule has 0 aromatic carbocycles. The molecule has 2 N–H and O–H groups in total. The summed E-state index contributed by atoms with van der Waals surface area (Å²) in [4.78, 5) is 0. The quantitative estimate of drug-likeness (QED) is 0.751. The minimum Gasteiger partial charge on any atom is -0.390 e. The maximum Gasteiger partial charge on any atom is 0.0677 e. The van der Waals surface area contributed by atoms with Crippen LogP contribution in [0.3, 0.4) is 0 Å². The third-order valence-corrected chi connectivity index (χ3v) is 4.46. The SMILES string of the molecule is CCNC1CCC(O)(C2CCCC2)CC1. The second kappa shape index (κ2) is 4.84. The van der Waals surface area contributed by atoms with Gasteiger partial charge in [-0.05, 0) is 51.0 Å². The average Bonchev–Trinajstić information content (AvgIpc) is 2.76. The molecule has 2 rings (SSSR count). The van der Waals surface area contributed by atoms with E-state index in [1.165, 1.54) is 38.5 Å². The summed E-state index contributed by atoms with van der Waals surface area (Å²) in [5.41, 5.74) is -0.303. The molecule has 2 saturated carbocycles. The number of hydrogen-bond donors (Lipinski definition) is 2. The van der Waals surface area contributed by atoms with Crippen LogP contribution in [0.4, 0.5) is 0 Å². The molecule has 2 fully saturated rings. The molecule has 0 aromatic heterocycles. The van der Waals surface area contributed by atoms with Gasteiger partial charge in [0, 0.05) is 6.04 Å². The van der Waals surface area contributed by atoms with Crippen LogP contribution in [0.5, 0.6) is 0 Å². The lowest BCUT2D eigenvalue weighted by Gasteiger charge is -2.40. The van der Waals surface area contributed by atoms with Crippen molar-refractivity contribution in [3.8, 4) is 0 Å². The van der Waals surface area contributed by atoms with Gasteiger partial charge in [0.25, 0.3) is 0 Å². The van der Waals surface area contributed by atoms with Crippen LogP contribution in [0.25, 0.3) is 0 Å². The summed E-state index contributed by atoms with van der Waals surface area (Å²) < 4.78 is 0. The van der Waals surface area contributed by atoms with E-state index in [0.717, 1.165) is 19.4 Å². The van der Waals surface area contributed by atoms with Crippen molar-refractivity contribution in [1.82, 2.24) is 5.32 Å². The molecule has 0 radical (unpaired) electrons. The van der Waals surface area contributed by atoms with E-state index in [1.54, 1.807) is 0 Å². The van der Waals surface area contributed by atoms with Crippen LogP contribution in [-0.2, 0) is 0 Å². The number of aliphatic hydroxyl groups is 1. The fourth-order valence-corrected chi connectivity index (χ4v) is 3.48. The maximum atomic E-state index is 10.6. The Labute approximate surface area is 93.5 Å². The third kappa shape index (κ3) is 2.54. The largest absolute Gasteiger partial charge is 0.390 e. The molecule has 0 aliphatic heterocycles. The summed E-state index contributed by atoms with van der Waals surface area (Å²) in [6, 6.07) is 0.664. The highest BCUT2D eigenvalue weighted by atomic mass is 16.3. The van der Waals surface area contributed by atoms with Crippen molar-refractivity contribution < 1.29 is 5.11 Å². The van der Waals surface area contributed by atoms with Gasteiger partial charge in [0.1, 0.15) is 0 Å². The van der Waals surface area contributed by atoms with E-state index >= 15 is 0 Å². The number of rotatable bonds is 3. The molecule has 0 aromatic rings. The highest BCUT2D eigenvalue weighted by Gasteiger charge is 2.40. The molecule has 2 nitrogen and oxygen atoms in total. The molecule has 88 valence electrons. The first-order valence-corrected chi connectivity index (χ1v) is 6.70. The first kappa shape index (κ1) is 11.4. The summed E-state index contributed by atoms with van der Waals surface area (Å²) in [5.74, 6) is 0.611. The van der Waals surface area contributed by atoms with Gasteiger partial charge in [0.2, 0.25) is 0 Å². The van der Waals surface area contributed by atoms with Crippen LogP contribution in [0.1, 0.15) is 58.3 Å². The Balaban J connectivity index is 1.84. The molecular formula is C13H25NO. The van der Waals surface area contributed by atoms with Gasteiger partial charge in [-0.15, -0.1) is 0 Å². The second-order valence-electron chi connectivity index (χ2n) is 5.42. The molecule has 0 bridgehead atoms. The summed E-state index contributed by atoms with van der Waals surface area (Å²) in [5, 5.41) is 14.1. The molecule has 2 aliphatic rings. The zero-order valence-electron chi connectivity index (χ0n) is 9.97. The van der Waals surface area contributed by atoms with Crippen LogP contribution >= 0.6 is 0 Å². The predicted molar refractivity (Wildman–Crippen MR) is 62.8 cm³/mol. The van der Waals surface area contributed by atoms with Crippen molar-refractivity contribution in [2.75, 3.05) is 6.54 Å². The Bertz CT molecular complexity index is 191. The fourth-order valence-electron chi connectivity index (χ4n) is 3.48. The Morgan fingerprint density at radius 1 is 1.13 bits per heavy atom. The van der Waals surface area contributed by atoms with Gasteiger partial charge >= 0.3 is 0 Å². The van der Waals surface area contributed by atoms with Gasteiger partial charge in [0.15, 0.2) is 0 Å². The minimum absolute atomic E-state index is 0.303. The number of nitrogens with one attached hydrogen (secondary N) is 1. The second-order valence-corrected chi connectivity index (χ2v) is 5.42. The molecule has 15 heavy (non-hydrogen) atoms. The summed E-state index contributed by atoms with van der Waals surface area (Å²) in [7, 11) is 0. The Kier molecular flexibility index (Phi) is 3.68. The van der Waals surface area contributed by atoms with Gasteiger partial charge in [-0.25, -0.2) is 0 Å². The first-order valence-electron chi connectivity index (χ1n) is 6.70. The van der Waals surface area contributed by atoms with E-state index < -0.39 is 0 Å². The predicted octanol–water partition coefficient (Wildman–Crippen LogP) is 2.46. The molecular weight excluding hydrogens is 186 g/mol. The molecule has 2 aliphatic carbocycles. The summed E-state index contributed by atoms with van der Waals surface area (Å²) in [6.45, 7) is 3.23. The van der Waals surface area contributed by atoms with Crippen molar-refractivity contribution in [3.05, 3.63) is 0 Å². The zero-order chi connectivity index (χ0) is 10.7. The molecule has 0 spiro atoms. The van der Waals surface area contributed by atoms with Crippen LogP contribution in [0.15, 0.2) is 0 Å². The van der Waals surface area contributed by atoms with Crippen molar-refractivity contribution in [2.24, 2.45) is 5.92 Å². The highest BCUT2D eigenvalue weighted by Crippen LogP contribution is 2.42. The summed E-state index contributed by atoms with van der Waals surface area (Å²) in [6.07, 6.45) is 9.59. The van der Waals surface area contributed by atoms with E-state index in [1.807, 2.05) is 0 Å². The molecule has 0 amide bonds. The Morgan fingerprint density at radius 2 is 1.73 bits per heavy atom. The standard InChI is InChI=1S/C13H25NO/c1-2-14-12-7-9-13(15,10-8-12)11-5-3-4-6-11/h11-12,14-15H,2-10H2,1H3. The van der Waals surface area contributed by atoms with E-state index in [2.05, 4.69) is 12.2 Å². The molecule has 0 saturated heterocycles. The molecule has 0 atom stereocenters. The van der Waals surface area contributed by atoms with Crippen LogP contribution in [0.2, 0.25) is 0 Å². The van der Waals surface area contributed by atoms with Gasteiger partial charge in [-0.2, -0.15) is 0 Å². The lowest BCUT2D eigenvalue weighted by molar-refractivity contribution is -0.0525. The highest BCUT2D eigenvalue weighted by molar-refractivity contribution is 4.94. The van der Waals surface area contributed by atoms with Crippen LogP contribution in [-0.4, -0.2) is 23.3 Å². The van der Waals surface area contributed by atoms with Gasteiger partial charge < -0.3 is 10.4 Å². The molecule has 0 unspecified atom stereocenters. The van der Waals surface area contributed by atoms with E-state index in [4.69, 9.17) is 0 Å². The average molecular weight is 211 g/mol. The Hall–Kier alpha value is -0.0800. The lowest BCUT2D eigenvalue weighted by atomic mass is 9.73. The zero-order valence-corrected chi connectivity index (χ0v) is 9.97. The van der Waals surface area contributed by atoms with Crippen LogP contribution < -0.4 is 5.32 Å². The maximum absolute atomic E-state index is 10.6. The van der Waals surface area contributed by atoms with E-state index in [0.29, 0.717) is 12.0 Å². The van der Waals surface area contributed by atoms with Crippen molar-refractivity contribution in [2.45, 2.75) is 69.9 Å². The van der Waals surface area contributed by atoms with Crippen molar-refractivity contribution >= 4 is 0 Å². The topological polar surface area (TPSA) is 32.3 Å². The monoisotopic (exact) mass is 211 g/mol. The number of hydrogen-bond acceptors (Lipinski definition) is 2. The molecule has 2 heteroatoms. The first-order chi connectivity index (χ1) is 7.24. The van der Waals surface area contributed by atoms with E-state index in [-0.39, 0.29) is 5.60 Å². The van der Waals surface area contributed by atoms with Gasteiger partial charge in [-0.1, -0.05) is 19.8 Å². The van der Waals surface area contributed by atoms with Crippen LogP contribution in [0, 0.1) is 5.92 Å². The Morgan fingerprint density at radius 3 is 2.27 bits per heavy atom.